The van der Waals surface area contributed by atoms with Gasteiger partial charge < -0.3 is 10.5 Å². The first-order valence-electron chi connectivity index (χ1n) is 4.86. The molecule has 0 unspecified atom stereocenters. The van der Waals surface area contributed by atoms with E-state index in [-0.39, 0.29) is 0 Å². The van der Waals surface area contributed by atoms with Gasteiger partial charge in [-0.1, -0.05) is 23.1 Å². The monoisotopic (exact) mass is 246 g/mol. The average Bonchev–Trinajstić information content (AvgIpc) is 2.66. The van der Waals surface area contributed by atoms with Crippen LogP contribution in [-0.2, 0) is 4.74 Å². The molecule has 2 heterocycles. The van der Waals surface area contributed by atoms with Crippen LogP contribution >= 0.6 is 23.1 Å². The van der Waals surface area contributed by atoms with Crippen LogP contribution in [0.5, 0.6) is 0 Å². The predicted octanol–water partition coefficient (Wildman–Crippen LogP) is 0.545. The van der Waals surface area contributed by atoms with Crippen LogP contribution in [0.3, 0.4) is 0 Å². The predicted molar refractivity (Wildman–Crippen MR) is 62.3 cm³/mol. The topological polar surface area (TPSA) is 64.3 Å². The van der Waals surface area contributed by atoms with Gasteiger partial charge in [0.15, 0.2) is 4.34 Å². The Morgan fingerprint density at radius 2 is 2.20 bits per heavy atom. The molecule has 0 radical (unpaired) electrons. The zero-order chi connectivity index (χ0) is 10.5. The molecule has 0 atom stereocenters. The summed E-state index contributed by atoms with van der Waals surface area (Å²) < 4.78 is 6.24. The van der Waals surface area contributed by atoms with Crippen molar-refractivity contribution in [2.24, 2.45) is 0 Å². The summed E-state index contributed by atoms with van der Waals surface area (Å²) in [6.07, 6.45) is 0. The van der Waals surface area contributed by atoms with Crippen molar-refractivity contribution in [1.82, 2.24) is 15.1 Å². The van der Waals surface area contributed by atoms with Crippen LogP contribution in [0.15, 0.2) is 4.34 Å². The Kier molecular flexibility index (Phi) is 4.18. The molecule has 0 amide bonds. The Balaban J connectivity index is 1.65. The summed E-state index contributed by atoms with van der Waals surface area (Å²) in [5.41, 5.74) is 5.50. The van der Waals surface area contributed by atoms with E-state index in [0.717, 1.165) is 42.9 Å². The van der Waals surface area contributed by atoms with Crippen molar-refractivity contribution in [1.29, 1.82) is 0 Å². The number of thioether (sulfide) groups is 1. The molecule has 0 bridgehead atoms. The quantitative estimate of drug-likeness (QED) is 0.783. The molecule has 0 spiro atoms. The van der Waals surface area contributed by atoms with Gasteiger partial charge in [0.1, 0.15) is 0 Å². The van der Waals surface area contributed by atoms with Gasteiger partial charge in [0.2, 0.25) is 5.13 Å². The lowest BCUT2D eigenvalue weighted by atomic mass is 10.4. The van der Waals surface area contributed by atoms with Crippen molar-refractivity contribution in [2.75, 3.05) is 44.3 Å². The minimum absolute atomic E-state index is 0.545. The van der Waals surface area contributed by atoms with E-state index in [4.69, 9.17) is 10.5 Å². The Hall–Kier alpha value is -0.370. The van der Waals surface area contributed by atoms with Gasteiger partial charge in [-0.3, -0.25) is 4.90 Å². The van der Waals surface area contributed by atoms with Crippen molar-refractivity contribution in [3.8, 4) is 0 Å². The third-order valence-corrected chi connectivity index (χ3v) is 4.02. The summed E-state index contributed by atoms with van der Waals surface area (Å²) in [5, 5.41) is 8.28. The maximum absolute atomic E-state index is 5.50. The van der Waals surface area contributed by atoms with E-state index in [9.17, 15) is 0 Å². The highest BCUT2D eigenvalue weighted by molar-refractivity contribution is 8.01. The van der Waals surface area contributed by atoms with Crippen LogP contribution in [0.4, 0.5) is 5.13 Å². The summed E-state index contributed by atoms with van der Waals surface area (Å²) in [6, 6.07) is 0. The molecule has 84 valence electrons. The SMILES string of the molecule is Nc1nnc(SCCN2CCOCC2)s1. The number of rotatable bonds is 4. The average molecular weight is 246 g/mol. The molecule has 15 heavy (non-hydrogen) atoms. The molecular weight excluding hydrogens is 232 g/mol. The highest BCUT2D eigenvalue weighted by Crippen LogP contribution is 2.23. The van der Waals surface area contributed by atoms with Gasteiger partial charge in [-0.05, 0) is 0 Å². The number of nitrogens with two attached hydrogens (primary N) is 1. The van der Waals surface area contributed by atoms with E-state index in [2.05, 4.69) is 15.1 Å². The van der Waals surface area contributed by atoms with Crippen LogP contribution in [0.1, 0.15) is 0 Å². The molecule has 1 aromatic heterocycles. The first kappa shape index (κ1) is 11.1. The van der Waals surface area contributed by atoms with E-state index in [0.29, 0.717) is 5.13 Å². The summed E-state index contributed by atoms with van der Waals surface area (Å²) in [5.74, 6) is 1.04. The largest absolute Gasteiger partial charge is 0.379 e. The lowest BCUT2D eigenvalue weighted by molar-refractivity contribution is 0.0410. The summed E-state index contributed by atoms with van der Waals surface area (Å²) in [6.45, 7) is 4.87. The zero-order valence-electron chi connectivity index (χ0n) is 8.39. The third kappa shape index (κ3) is 3.60. The maximum atomic E-state index is 5.50. The molecule has 1 aliphatic heterocycles. The van der Waals surface area contributed by atoms with E-state index in [1.807, 2.05) is 0 Å². The van der Waals surface area contributed by atoms with Crippen LogP contribution < -0.4 is 5.73 Å². The summed E-state index contributed by atoms with van der Waals surface area (Å²) in [7, 11) is 0. The molecular formula is C8H14N4OS2. The normalized spacial score (nSPS) is 18.1. The van der Waals surface area contributed by atoms with Crippen molar-refractivity contribution in [3.63, 3.8) is 0 Å². The number of hydrogen-bond donors (Lipinski definition) is 1. The smallest absolute Gasteiger partial charge is 0.203 e. The van der Waals surface area contributed by atoms with Crippen LogP contribution in [0.25, 0.3) is 0 Å². The molecule has 2 rings (SSSR count). The molecule has 0 saturated carbocycles. The Morgan fingerprint density at radius 3 is 2.87 bits per heavy atom. The van der Waals surface area contributed by atoms with Crippen molar-refractivity contribution in [3.05, 3.63) is 0 Å². The number of hydrogen-bond acceptors (Lipinski definition) is 7. The minimum Gasteiger partial charge on any atom is -0.379 e. The van der Waals surface area contributed by atoms with Gasteiger partial charge >= 0.3 is 0 Å². The minimum atomic E-state index is 0.545. The zero-order valence-corrected chi connectivity index (χ0v) is 10.0. The Morgan fingerprint density at radius 1 is 1.40 bits per heavy atom. The highest BCUT2D eigenvalue weighted by atomic mass is 32.2. The molecule has 5 nitrogen and oxygen atoms in total. The number of nitrogen functional groups attached to an aromatic ring is 1. The van der Waals surface area contributed by atoms with Crippen molar-refractivity contribution >= 4 is 28.2 Å². The second-order valence-corrected chi connectivity index (χ2v) is 5.56. The fourth-order valence-electron chi connectivity index (χ4n) is 1.37. The molecule has 0 aromatic carbocycles. The fourth-order valence-corrected chi connectivity index (χ4v) is 3.07. The highest BCUT2D eigenvalue weighted by Gasteiger charge is 2.10. The van der Waals surface area contributed by atoms with Crippen molar-refractivity contribution < 1.29 is 4.74 Å². The van der Waals surface area contributed by atoms with Gasteiger partial charge in [-0.15, -0.1) is 10.2 Å². The molecule has 2 N–H and O–H groups in total. The molecule has 1 saturated heterocycles. The lowest BCUT2D eigenvalue weighted by Crippen LogP contribution is -2.37. The number of anilines is 1. The van der Waals surface area contributed by atoms with Gasteiger partial charge in [0.05, 0.1) is 13.2 Å². The van der Waals surface area contributed by atoms with Gasteiger partial charge in [-0.2, -0.15) is 0 Å². The number of aromatic nitrogens is 2. The van der Waals surface area contributed by atoms with Gasteiger partial charge in [0.25, 0.3) is 0 Å². The summed E-state index contributed by atoms with van der Waals surface area (Å²) in [4.78, 5) is 2.40. The second kappa shape index (κ2) is 5.64. The van der Waals surface area contributed by atoms with E-state index >= 15 is 0 Å². The standard InChI is InChI=1S/C8H14N4OS2/c9-7-10-11-8(15-7)14-6-3-12-1-4-13-5-2-12/h1-6H2,(H2,9,10). The van der Waals surface area contributed by atoms with Crippen LogP contribution in [-0.4, -0.2) is 53.7 Å². The first-order chi connectivity index (χ1) is 7.34. The Bertz CT molecular complexity index is 301. The van der Waals surface area contributed by atoms with Crippen LogP contribution in [0, 0.1) is 0 Å². The second-order valence-electron chi connectivity index (χ2n) is 3.21. The van der Waals surface area contributed by atoms with Crippen LogP contribution in [0.2, 0.25) is 0 Å². The summed E-state index contributed by atoms with van der Waals surface area (Å²) >= 11 is 3.17. The van der Waals surface area contributed by atoms with E-state index in [1.165, 1.54) is 11.3 Å². The molecule has 1 aromatic rings. The molecule has 1 aliphatic rings. The van der Waals surface area contributed by atoms with E-state index in [1.54, 1.807) is 11.8 Å². The van der Waals surface area contributed by atoms with Crippen molar-refractivity contribution in [2.45, 2.75) is 4.34 Å². The number of ether oxygens (including phenoxy) is 1. The number of morpholine rings is 1. The van der Waals surface area contributed by atoms with Gasteiger partial charge in [-0.25, -0.2) is 0 Å². The van der Waals surface area contributed by atoms with Gasteiger partial charge in [0, 0.05) is 25.4 Å². The number of nitrogens with zero attached hydrogens (tertiary/aromatic N) is 3. The first-order valence-corrected chi connectivity index (χ1v) is 6.67. The third-order valence-electron chi connectivity index (χ3n) is 2.16. The Labute approximate surface area is 97.0 Å². The molecule has 1 fully saturated rings. The fraction of sp³-hybridized carbons (Fsp3) is 0.750. The molecule has 0 aliphatic carbocycles. The molecule has 7 heteroatoms. The van der Waals surface area contributed by atoms with E-state index < -0.39 is 0 Å². The lowest BCUT2D eigenvalue weighted by Gasteiger charge is -2.25. The maximum Gasteiger partial charge on any atom is 0.203 e.